The van der Waals surface area contributed by atoms with Gasteiger partial charge in [0, 0.05) is 31.1 Å². The molecule has 0 unspecified atom stereocenters. The van der Waals surface area contributed by atoms with Crippen molar-refractivity contribution in [2.75, 3.05) is 33.7 Å². The van der Waals surface area contributed by atoms with Crippen LogP contribution in [0.1, 0.15) is 5.56 Å². The van der Waals surface area contributed by atoms with Gasteiger partial charge in [0.25, 0.3) is 0 Å². The lowest BCUT2D eigenvalue weighted by molar-refractivity contribution is -0.380. The van der Waals surface area contributed by atoms with E-state index in [-0.39, 0.29) is 11.5 Å². The second-order valence-electron chi connectivity index (χ2n) is 4.46. The SMILES string of the molecule is CN(C)CCN(CC(=O)O)Cc1csc([N+](=O)[O-])c1. The van der Waals surface area contributed by atoms with Crippen molar-refractivity contribution in [1.29, 1.82) is 0 Å². The van der Waals surface area contributed by atoms with Crippen molar-refractivity contribution in [3.63, 3.8) is 0 Å². The Balaban J connectivity index is 2.63. The minimum Gasteiger partial charge on any atom is -0.480 e. The Morgan fingerprint density at radius 1 is 1.47 bits per heavy atom. The Kier molecular flexibility index (Phi) is 5.87. The van der Waals surface area contributed by atoms with E-state index in [0.717, 1.165) is 23.4 Å². The molecule has 0 bridgehead atoms. The molecule has 0 radical (unpaired) electrons. The van der Waals surface area contributed by atoms with Crippen LogP contribution in [0.25, 0.3) is 0 Å². The van der Waals surface area contributed by atoms with E-state index in [4.69, 9.17) is 5.11 Å². The summed E-state index contributed by atoms with van der Waals surface area (Å²) in [4.78, 5) is 24.7. The van der Waals surface area contributed by atoms with Crippen molar-refractivity contribution >= 4 is 22.3 Å². The number of nitro groups is 1. The molecule has 19 heavy (non-hydrogen) atoms. The van der Waals surface area contributed by atoms with Crippen LogP contribution in [0.3, 0.4) is 0 Å². The van der Waals surface area contributed by atoms with Gasteiger partial charge in [-0.2, -0.15) is 0 Å². The number of likely N-dealkylation sites (N-methyl/N-ethyl adjacent to an activating group) is 1. The molecule has 0 amide bonds. The maximum absolute atomic E-state index is 10.8. The molecule has 1 heterocycles. The van der Waals surface area contributed by atoms with E-state index < -0.39 is 10.9 Å². The van der Waals surface area contributed by atoms with Crippen molar-refractivity contribution in [2.24, 2.45) is 0 Å². The molecular weight excluding hydrogens is 270 g/mol. The summed E-state index contributed by atoms with van der Waals surface area (Å²) in [6, 6.07) is 1.50. The molecule has 0 aliphatic heterocycles. The Hall–Kier alpha value is -1.51. The third kappa shape index (κ3) is 5.77. The summed E-state index contributed by atoms with van der Waals surface area (Å²) >= 11 is 1.06. The van der Waals surface area contributed by atoms with Crippen LogP contribution >= 0.6 is 11.3 Å². The number of carboxylic acids is 1. The summed E-state index contributed by atoms with van der Waals surface area (Å²) in [5.41, 5.74) is 0.775. The van der Waals surface area contributed by atoms with Crippen molar-refractivity contribution in [3.05, 3.63) is 27.1 Å². The van der Waals surface area contributed by atoms with E-state index in [0.29, 0.717) is 13.1 Å². The van der Waals surface area contributed by atoms with Gasteiger partial charge in [-0.1, -0.05) is 11.3 Å². The molecule has 0 atom stereocenters. The molecule has 1 aromatic rings. The number of hydrogen-bond acceptors (Lipinski definition) is 6. The molecule has 1 rings (SSSR count). The average molecular weight is 287 g/mol. The van der Waals surface area contributed by atoms with Gasteiger partial charge >= 0.3 is 11.0 Å². The zero-order valence-corrected chi connectivity index (χ0v) is 11.7. The molecule has 106 valence electrons. The second kappa shape index (κ2) is 7.17. The lowest BCUT2D eigenvalue weighted by Gasteiger charge is -2.21. The summed E-state index contributed by atoms with van der Waals surface area (Å²) < 4.78 is 0. The van der Waals surface area contributed by atoms with Crippen LogP contribution in [0.4, 0.5) is 5.00 Å². The van der Waals surface area contributed by atoms with Crippen LogP contribution in [0.15, 0.2) is 11.4 Å². The van der Waals surface area contributed by atoms with Crippen LogP contribution in [0.2, 0.25) is 0 Å². The lowest BCUT2D eigenvalue weighted by atomic mass is 10.3. The number of carboxylic acid groups (broad SMARTS) is 1. The highest BCUT2D eigenvalue weighted by atomic mass is 32.1. The van der Waals surface area contributed by atoms with Gasteiger partial charge in [0.1, 0.15) is 0 Å². The predicted octanol–water partition coefficient (Wildman–Crippen LogP) is 1.10. The monoisotopic (exact) mass is 287 g/mol. The molecule has 0 saturated heterocycles. The topological polar surface area (TPSA) is 86.9 Å². The minimum absolute atomic E-state index is 0.0719. The fourth-order valence-electron chi connectivity index (χ4n) is 1.55. The molecule has 8 heteroatoms. The van der Waals surface area contributed by atoms with E-state index >= 15 is 0 Å². The molecule has 0 aliphatic carbocycles. The van der Waals surface area contributed by atoms with Crippen molar-refractivity contribution in [2.45, 2.75) is 6.54 Å². The fourth-order valence-corrected chi connectivity index (χ4v) is 2.27. The Bertz CT molecular complexity index is 447. The van der Waals surface area contributed by atoms with Crippen LogP contribution in [0.5, 0.6) is 0 Å². The Morgan fingerprint density at radius 3 is 2.63 bits per heavy atom. The van der Waals surface area contributed by atoms with Gasteiger partial charge in [-0.15, -0.1) is 0 Å². The molecule has 0 aromatic carbocycles. The third-order valence-corrected chi connectivity index (χ3v) is 3.38. The highest BCUT2D eigenvalue weighted by Gasteiger charge is 2.14. The van der Waals surface area contributed by atoms with E-state index in [1.54, 1.807) is 10.3 Å². The average Bonchev–Trinajstić information content (AvgIpc) is 2.73. The predicted molar refractivity (Wildman–Crippen MR) is 72.4 cm³/mol. The molecule has 1 aromatic heterocycles. The zero-order valence-electron chi connectivity index (χ0n) is 10.9. The number of thiophene rings is 1. The molecule has 0 saturated carbocycles. The Labute approximate surface area is 115 Å². The molecule has 7 nitrogen and oxygen atoms in total. The van der Waals surface area contributed by atoms with E-state index in [1.165, 1.54) is 6.07 Å². The quantitative estimate of drug-likeness (QED) is 0.569. The largest absolute Gasteiger partial charge is 0.480 e. The standard InChI is InChI=1S/C11H17N3O4S/c1-12(2)3-4-13(7-11(15)16)6-9-5-10(14(17)18)19-8-9/h5,8H,3-4,6-7H2,1-2H3,(H,15,16). The van der Waals surface area contributed by atoms with Crippen LogP contribution in [-0.2, 0) is 11.3 Å². The van der Waals surface area contributed by atoms with Gasteiger partial charge in [-0.05, 0) is 19.7 Å². The number of aliphatic carboxylic acids is 1. The van der Waals surface area contributed by atoms with Gasteiger partial charge in [0.05, 0.1) is 11.5 Å². The fraction of sp³-hybridized carbons (Fsp3) is 0.545. The van der Waals surface area contributed by atoms with Crippen molar-refractivity contribution < 1.29 is 14.8 Å². The highest BCUT2D eigenvalue weighted by Crippen LogP contribution is 2.23. The smallest absolute Gasteiger partial charge is 0.324 e. The first-order valence-corrected chi connectivity index (χ1v) is 6.57. The summed E-state index contributed by atoms with van der Waals surface area (Å²) in [6.45, 7) is 1.67. The van der Waals surface area contributed by atoms with Crippen LogP contribution in [0, 0.1) is 10.1 Å². The van der Waals surface area contributed by atoms with Gasteiger partial charge in [0.15, 0.2) is 0 Å². The molecule has 0 fully saturated rings. The number of rotatable bonds is 8. The van der Waals surface area contributed by atoms with E-state index in [9.17, 15) is 14.9 Å². The number of carbonyl (C=O) groups is 1. The Morgan fingerprint density at radius 2 is 2.16 bits per heavy atom. The number of nitrogens with zero attached hydrogens (tertiary/aromatic N) is 3. The molecule has 0 spiro atoms. The van der Waals surface area contributed by atoms with Crippen molar-refractivity contribution in [3.8, 4) is 0 Å². The normalized spacial score (nSPS) is 11.2. The van der Waals surface area contributed by atoms with Gasteiger partial charge < -0.3 is 10.0 Å². The van der Waals surface area contributed by atoms with Gasteiger partial charge in [-0.25, -0.2) is 0 Å². The van der Waals surface area contributed by atoms with Crippen molar-refractivity contribution in [1.82, 2.24) is 9.80 Å². The minimum atomic E-state index is -0.900. The molecule has 0 aliphatic rings. The highest BCUT2D eigenvalue weighted by molar-refractivity contribution is 7.13. The maximum atomic E-state index is 10.8. The van der Waals surface area contributed by atoms with Crippen LogP contribution in [-0.4, -0.2) is 59.5 Å². The van der Waals surface area contributed by atoms with Gasteiger partial charge in [-0.3, -0.25) is 19.8 Å². The van der Waals surface area contributed by atoms with Crippen LogP contribution < -0.4 is 0 Å². The molecule has 1 N–H and O–H groups in total. The first-order valence-electron chi connectivity index (χ1n) is 5.69. The maximum Gasteiger partial charge on any atom is 0.324 e. The summed E-state index contributed by atoms with van der Waals surface area (Å²) in [6.07, 6.45) is 0. The molecular formula is C11H17N3O4S. The zero-order chi connectivity index (χ0) is 14.4. The lowest BCUT2D eigenvalue weighted by Crippen LogP contribution is -2.35. The third-order valence-electron chi connectivity index (χ3n) is 2.45. The van der Waals surface area contributed by atoms with E-state index in [2.05, 4.69) is 0 Å². The number of hydrogen-bond donors (Lipinski definition) is 1. The summed E-state index contributed by atoms with van der Waals surface area (Å²) in [7, 11) is 3.82. The first-order chi connectivity index (χ1) is 8.88. The first kappa shape index (κ1) is 15.5. The second-order valence-corrected chi connectivity index (χ2v) is 5.35. The van der Waals surface area contributed by atoms with Gasteiger partial charge in [0.2, 0.25) is 0 Å². The summed E-state index contributed by atoms with van der Waals surface area (Å²) in [5, 5.41) is 21.2. The summed E-state index contributed by atoms with van der Waals surface area (Å²) in [5.74, 6) is -0.900. The van der Waals surface area contributed by atoms with E-state index in [1.807, 2.05) is 19.0 Å².